The number of rotatable bonds is 1. The minimum absolute atomic E-state index is 0.595. The van der Waals surface area contributed by atoms with Gasteiger partial charge in [-0.15, -0.1) is 0 Å². The fraction of sp³-hybridized carbons (Fsp3) is 0.0909. The van der Waals surface area contributed by atoms with Crippen molar-refractivity contribution >= 4 is 6.08 Å². The predicted octanol–water partition coefficient (Wildman–Crippen LogP) is 2.40. The lowest BCUT2D eigenvalue weighted by molar-refractivity contribution is 1.41. The Morgan fingerprint density at radius 1 is 1.31 bits per heavy atom. The second kappa shape index (κ2) is 4.09. The highest BCUT2D eigenvalue weighted by Gasteiger charge is 1.97. The third-order valence-electron chi connectivity index (χ3n) is 1.66. The molecule has 0 aliphatic carbocycles. The number of nitrogens with zero attached hydrogens (tertiary/aromatic N) is 2. The van der Waals surface area contributed by atoms with Crippen LogP contribution in [0.5, 0.6) is 0 Å². The molecule has 2 nitrogen and oxygen atoms in total. The van der Waals surface area contributed by atoms with Crippen molar-refractivity contribution in [2.75, 3.05) is 0 Å². The molecule has 1 aromatic rings. The van der Waals surface area contributed by atoms with E-state index < -0.39 is 0 Å². The molecule has 0 spiro atoms. The van der Waals surface area contributed by atoms with Crippen molar-refractivity contribution in [3.8, 4) is 12.1 Å². The topological polar surface area (TPSA) is 47.6 Å². The zero-order valence-electron chi connectivity index (χ0n) is 7.28. The van der Waals surface area contributed by atoms with Gasteiger partial charge < -0.3 is 0 Å². The highest BCUT2D eigenvalue weighted by Crippen LogP contribution is 2.12. The molecule has 0 heterocycles. The van der Waals surface area contributed by atoms with Crippen molar-refractivity contribution < 1.29 is 0 Å². The van der Waals surface area contributed by atoms with Gasteiger partial charge in [-0.05, 0) is 24.6 Å². The molecule has 0 radical (unpaired) electrons. The van der Waals surface area contributed by atoms with Crippen LogP contribution in [0.3, 0.4) is 0 Å². The van der Waals surface area contributed by atoms with Crippen molar-refractivity contribution in [3.63, 3.8) is 0 Å². The van der Waals surface area contributed by atoms with Gasteiger partial charge in [0.2, 0.25) is 0 Å². The van der Waals surface area contributed by atoms with Crippen LogP contribution in [0.25, 0.3) is 6.08 Å². The van der Waals surface area contributed by atoms with Gasteiger partial charge in [0.15, 0.2) is 0 Å². The van der Waals surface area contributed by atoms with Gasteiger partial charge in [-0.1, -0.05) is 17.7 Å². The molecule has 0 aliphatic rings. The Bertz CT molecular complexity index is 417. The number of hydrogen-bond acceptors (Lipinski definition) is 2. The number of hydrogen-bond donors (Lipinski definition) is 0. The number of benzene rings is 1. The summed E-state index contributed by atoms with van der Waals surface area (Å²) in [6.07, 6.45) is 3.02. The molecule has 62 valence electrons. The van der Waals surface area contributed by atoms with E-state index in [1.165, 1.54) is 6.08 Å². The lowest BCUT2D eigenvalue weighted by Crippen LogP contribution is -1.82. The summed E-state index contributed by atoms with van der Waals surface area (Å²) in [5, 5.41) is 17.1. The Hall–Kier alpha value is -2.06. The number of nitriles is 2. The van der Waals surface area contributed by atoms with E-state index in [-0.39, 0.29) is 0 Å². The summed E-state index contributed by atoms with van der Waals surface area (Å²) < 4.78 is 0. The molecule has 0 saturated carbocycles. The second-order valence-electron chi connectivity index (χ2n) is 2.66. The Morgan fingerprint density at radius 3 is 2.69 bits per heavy atom. The maximum atomic E-state index is 8.74. The van der Waals surface area contributed by atoms with Crippen molar-refractivity contribution in [2.24, 2.45) is 0 Å². The van der Waals surface area contributed by atoms with E-state index in [2.05, 4.69) is 6.07 Å². The first kappa shape index (κ1) is 9.03. The maximum absolute atomic E-state index is 8.74. The van der Waals surface area contributed by atoms with E-state index in [4.69, 9.17) is 10.5 Å². The summed E-state index contributed by atoms with van der Waals surface area (Å²) in [5.74, 6) is 0. The van der Waals surface area contributed by atoms with Crippen LogP contribution in [0.1, 0.15) is 16.7 Å². The van der Waals surface area contributed by atoms with E-state index in [9.17, 15) is 0 Å². The van der Waals surface area contributed by atoms with Crippen molar-refractivity contribution in [3.05, 3.63) is 41.0 Å². The molecule has 0 aliphatic heterocycles. The second-order valence-corrected chi connectivity index (χ2v) is 2.66. The molecule has 0 atom stereocenters. The van der Waals surface area contributed by atoms with E-state index in [0.717, 1.165) is 11.1 Å². The van der Waals surface area contributed by atoms with Crippen molar-refractivity contribution in [1.29, 1.82) is 10.5 Å². The molecule has 2 heteroatoms. The predicted molar refractivity (Wildman–Crippen MR) is 50.5 cm³/mol. The van der Waals surface area contributed by atoms with Crippen LogP contribution >= 0.6 is 0 Å². The SMILES string of the molecule is Cc1ccc(C#N)c(C=CC#N)c1. The zero-order valence-corrected chi connectivity index (χ0v) is 7.28. The third-order valence-corrected chi connectivity index (χ3v) is 1.66. The minimum Gasteiger partial charge on any atom is -0.193 e. The summed E-state index contributed by atoms with van der Waals surface area (Å²) in [5.41, 5.74) is 2.47. The average Bonchev–Trinajstić information content (AvgIpc) is 2.15. The molecule has 0 saturated heterocycles. The lowest BCUT2D eigenvalue weighted by atomic mass is 10.1. The third kappa shape index (κ3) is 2.18. The van der Waals surface area contributed by atoms with Gasteiger partial charge in [-0.2, -0.15) is 10.5 Å². The van der Waals surface area contributed by atoms with Crippen molar-refractivity contribution in [2.45, 2.75) is 6.92 Å². The summed E-state index contributed by atoms with van der Waals surface area (Å²) in [6, 6.07) is 9.48. The van der Waals surface area contributed by atoms with E-state index in [1.54, 1.807) is 12.1 Å². The summed E-state index contributed by atoms with van der Waals surface area (Å²) in [6.45, 7) is 1.95. The van der Waals surface area contributed by atoms with Crippen LogP contribution in [0.2, 0.25) is 0 Å². The Kier molecular flexibility index (Phi) is 2.84. The first-order valence-electron chi connectivity index (χ1n) is 3.85. The van der Waals surface area contributed by atoms with Crippen LogP contribution < -0.4 is 0 Å². The standard InChI is InChI=1S/C11H8N2/c1-9-4-5-11(8-13)10(7-9)3-2-6-12/h2-5,7H,1H3. The van der Waals surface area contributed by atoms with Gasteiger partial charge in [0.25, 0.3) is 0 Å². The zero-order chi connectivity index (χ0) is 9.68. The van der Waals surface area contributed by atoms with Gasteiger partial charge in [-0.25, -0.2) is 0 Å². The van der Waals surface area contributed by atoms with Gasteiger partial charge in [0, 0.05) is 6.08 Å². The summed E-state index contributed by atoms with van der Waals surface area (Å²) >= 11 is 0. The van der Waals surface area contributed by atoms with Crippen LogP contribution in [0.4, 0.5) is 0 Å². The molecule has 0 aromatic heterocycles. The smallest absolute Gasteiger partial charge is 0.0997 e. The first-order chi connectivity index (χ1) is 6.27. The molecule has 0 N–H and O–H groups in total. The van der Waals surface area contributed by atoms with Crippen molar-refractivity contribution in [1.82, 2.24) is 0 Å². The van der Waals surface area contributed by atoms with Crippen LogP contribution in [-0.2, 0) is 0 Å². The fourth-order valence-corrected chi connectivity index (χ4v) is 1.05. The van der Waals surface area contributed by atoms with E-state index in [1.807, 2.05) is 25.1 Å². The van der Waals surface area contributed by atoms with Gasteiger partial charge in [0.05, 0.1) is 17.7 Å². The van der Waals surface area contributed by atoms with E-state index >= 15 is 0 Å². The largest absolute Gasteiger partial charge is 0.193 e. The molecular weight excluding hydrogens is 160 g/mol. The highest BCUT2D eigenvalue weighted by atomic mass is 14.2. The Labute approximate surface area is 77.4 Å². The molecule has 0 amide bonds. The quantitative estimate of drug-likeness (QED) is 0.604. The molecule has 13 heavy (non-hydrogen) atoms. The summed E-state index contributed by atoms with van der Waals surface area (Å²) in [7, 11) is 0. The molecule has 0 unspecified atom stereocenters. The van der Waals surface area contributed by atoms with Gasteiger partial charge in [0.1, 0.15) is 0 Å². The van der Waals surface area contributed by atoms with Gasteiger partial charge >= 0.3 is 0 Å². The van der Waals surface area contributed by atoms with Crippen LogP contribution in [-0.4, -0.2) is 0 Å². The minimum atomic E-state index is 0.595. The lowest BCUT2D eigenvalue weighted by Gasteiger charge is -1.97. The van der Waals surface area contributed by atoms with Crippen LogP contribution in [0.15, 0.2) is 24.3 Å². The molecule has 0 fully saturated rings. The molecule has 1 rings (SSSR count). The molecule has 0 bridgehead atoms. The molecule has 1 aromatic carbocycles. The van der Waals surface area contributed by atoms with E-state index in [0.29, 0.717) is 5.56 Å². The highest BCUT2D eigenvalue weighted by molar-refractivity contribution is 5.60. The fourth-order valence-electron chi connectivity index (χ4n) is 1.05. The number of aryl methyl sites for hydroxylation is 1. The summed E-state index contributed by atoms with van der Waals surface area (Å²) in [4.78, 5) is 0. The first-order valence-corrected chi connectivity index (χ1v) is 3.85. The normalized spacial score (nSPS) is 9.46. The maximum Gasteiger partial charge on any atom is 0.0997 e. The average molecular weight is 168 g/mol. The monoisotopic (exact) mass is 168 g/mol. The Morgan fingerprint density at radius 2 is 2.08 bits per heavy atom. The van der Waals surface area contributed by atoms with Gasteiger partial charge in [-0.3, -0.25) is 0 Å². The number of allylic oxidation sites excluding steroid dienone is 1. The molecular formula is C11H8N2. The van der Waals surface area contributed by atoms with Crippen LogP contribution in [0, 0.1) is 29.6 Å². The Balaban J connectivity index is 3.19.